The lowest BCUT2D eigenvalue weighted by Gasteiger charge is -2.16. The van der Waals surface area contributed by atoms with Crippen LogP contribution in [-0.2, 0) is 11.2 Å². The van der Waals surface area contributed by atoms with E-state index in [1.165, 1.54) is 0 Å². The highest BCUT2D eigenvalue weighted by Gasteiger charge is 2.23. The Balaban J connectivity index is 1.58. The Morgan fingerprint density at radius 2 is 1.69 bits per heavy atom. The van der Waals surface area contributed by atoms with E-state index in [2.05, 4.69) is 20.6 Å². The predicted octanol–water partition coefficient (Wildman–Crippen LogP) is 3.62. The van der Waals surface area contributed by atoms with Gasteiger partial charge in [0.25, 0.3) is 0 Å². The second-order valence-electron chi connectivity index (χ2n) is 7.27. The Labute approximate surface area is 190 Å². The van der Waals surface area contributed by atoms with Crippen molar-refractivity contribution in [1.82, 2.24) is 15.3 Å². The number of benzene rings is 2. The third kappa shape index (κ3) is 5.42. The van der Waals surface area contributed by atoms with Crippen LogP contribution in [0.2, 0.25) is 0 Å². The lowest BCUT2D eigenvalue weighted by Crippen LogP contribution is -2.29. The monoisotopic (exact) mass is 454 g/mol. The Bertz CT molecular complexity index is 1010. The second-order valence-corrected chi connectivity index (χ2v) is 8.64. The van der Waals surface area contributed by atoms with Crippen molar-refractivity contribution in [2.24, 2.45) is 0 Å². The molecule has 1 aliphatic rings. The van der Waals surface area contributed by atoms with E-state index >= 15 is 0 Å². The number of nitrogens with zero attached hydrogens (tertiary/aromatic N) is 2. The quantitative estimate of drug-likeness (QED) is 0.374. The van der Waals surface area contributed by atoms with Gasteiger partial charge in [0.2, 0.25) is 5.88 Å². The summed E-state index contributed by atoms with van der Waals surface area (Å²) in [5.41, 5.74) is 0.644. The minimum absolute atomic E-state index is 0.170. The van der Waals surface area contributed by atoms with Crippen molar-refractivity contribution in [1.29, 1.82) is 0 Å². The number of methoxy groups -OCH3 is 2. The van der Waals surface area contributed by atoms with Crippen LogP contribution in [0.1, 0.15) is 12.8 Å². The highest BCUT2D eigenvalue weighted by Crippen LogP contribution is 2.30. The summed E-state index contributed by atoms with van der Waals surface area (Å²) in [6.45, 7) is 1.75. The summed E-state index contributed by atoms with van der Waals surface area (Å²) in [5, 5.41) is 6.99. The van der Waals surface area contributed by atoms with Crippen LogP contribution in [0.3, 0.4) is 0 Å². The molecular weight excluding hydrogens is 428 g/mol. The zero-order valence-electron chi connectivity index (χ0n) is 18.0. The molecule has 1 aliphatic heterocycles. The van der Waals surface area contributed by atoms with Crippen molar-refractivity contribution in [3.05, 3.63) is 54.7 Å². The third-order valence-electron chi connectivity index (χ3n) is 5.15. The van der Waals surface area contributed by atoms with Gasteiger partial charge in [0.05, 0.1) is 31.6 Å². The lowest BCUT2D eigenvalue weighted by atomic mass is 10.2. The number of aromatic nitrogens is 2. The largest absolute Gasteiger partial charge is 0.604 e. The zero-order chi connectivity index (χ0) is 22.3. The molecule has 2 N–H and O–H groups in total. The maximum atomic E-state index is 13.1. The molecule has 9 heteroatoms. The number of hydrogen-bond acceptors (Lipinski definition) is 8. The van der Waals surface area contributed by atoms with E-state index in [0.717, 1.165) is 31.7 Å². The van der Waals surface area contributed by atoms with E-state index in [0.29, 0.717) is 34.0 Å². The van der Waals surface area contributed by atoms with Gasteiger partial charge in [0.1, 0.15) is 22.9 Å². The summed E-state index contributed by atoms with van der Waals surface area (Å²) in [6.07, 6.45) is 3.90. The van der Waals surface area contributed by atoms with E-state index in [1.54, 1.807) is 56.8 Å². The van der Waals surface area contributed by atoms with Crippen LogP contribution in [-0.4, -0.2) is 47.9 Å². The molecule has 2 aromatic carbocycles. The molecule has 0 spiro atoms. The molecule has 3 aromatic rings. The fraction of sp³-hybridized carbons (Fsp3) is 0.304. The number of ether oxygens (including phenoxy) is 3. The van der Waals surface area contributed by atoms with Crippen molar-refractivity contribution in [2.45, 2.75) is 28.9 Å². The molecule has 0 saturated carbocycles. The van der Waals surface area contributed by atoms with Crippen LogP contribution in [0.25, 0.3) is 0 Å². The van der Waals surface area contributed by atoms with E-state index in [-0.39, 0.29) is 5.16 Å². The Morgan fingerprint density at radius 3 is 2.31 bits per heavy atom. The molecule has 32 heavy (non-hydrogen) atoms. The molecule has 0 unspecified atom stereocenters. The second kappa shape index (κ2) is 10.5. The van der Waals surface area contributed by atoms with Gasteiger partial charge in [-0.2, -0.15) is 4.98 Å². The van der Waals surface area contributed by atoms with Gasteiger partial charge in [0, 0.05) is 12.6 Å². The van der Waals surface area contributed by atoms with Crippen molar-refractivity contribution in [2.75, 3.05) is 32.6 Å². The summed E-state index contributed by atoms with van der Waals surface area (Å²) in [6, 6.07) is 14.6. The smallest absolute Gasteiger partial charge is 0.352 e. The summed E-state index contributed by atoms with van der Waals surface area (Å²) >= 11 is -1.56. The molecule has 0 bridgehead atoms. The van der Waals surface area contributed by atoms with Crippen LogP contribution in [0, 0.1) is 0 Å². The standard InChI is InChI=1S/C23H26N4O4S/c1-29-17-5-7-19(8-6-17)31-22-21(25-14-16-4-3-13-24-16)15-26-23(27-22)32(28)20-11-9-18(30-2)10-12-20/h5-12,15-16,24-25H,3-4,13-14H2,1-2H3/t16-,32+/m0/s1. The van der Waals surface area contributed by atoms with Crippen molar-refractivity contribution in [3.8, 4) is 23.1 Å². The molecule has 0 amide bonds. The normalized spacial score (nSPS) is 16.4. The first-order valence-electron chi connectivity index (χ1n) is 10.4. The van der Waals surface area contributed by atoms with Gasteiger partial charge in [-0.1, -0.05) is 0 Å². The summed E-state index contributed by atoms with van der Waals surface area (Å²) in [5.74, 6) is 2.33. The number of rotatable bonds is 9. The zero-order valence-corrected chi connectivity index (χ0v) is 18.9. The van der Waals surface area contributed by atoms with Crippen LogP contribution in [0.4, 0.5) is 5.69 Å². The van der Waals surface area contributed by atoms with Crippen molar-refractivity contribution >= 4 is 16.9 Å². The maximum absolute atomic E-state index is 13.1. The SMILES string of the molecule is COc1ccc(Oc2nc([S@+]([O-])c3ccc(OC)cc3)ncc2NC[C@@H]2CCCN2)cc1. The third-order valence-corrected chi connectivity index (χ3v) is 6.37. The van der Waals surface area contributed by atoms with Gasteiger partial charge in [-0.05, 0) is 67.9 Å². The van der Waals surface area contributed by atoms with Crippen molar-refractivity contribution in [3.63, 3.8) is 0 Å². The first-order chi connectivity index (χ1) is 15.7. The average Bonchev–Trinajstić information content (AvgIpc) is 3.37. The summed E-state index contributed by atoms with van der Waals surface area (Å²) < 4.78 is 29.5. The van der Waals surface area contributed by atoms with Gasteiger partial charge in [-0.15, -0.1) is 4.98 Å². The summed E-state index contributed by atoms with van der Waals surface area (Å²) in [4.78, 5) is 9.42. The molecular formula is C23H26N4O4S. The maximum Gasteiger partial charge on any atom is 0.352 e. The lowest BCUT2D eigenvalue weighted by molar-refractivity contribution is 0.412. The molecule has 4 rings (SSSR count). The minimum Gasteiger partial charge on any atom is -0.604 e. The predicted molar refractivity (Wildman–Crippen MR) is 122 cm³/mol. The van der Waals surface area contributed by atoms with Crippen LogP contribution in [0.5, 0.6) is 23.1 Å². The van der Waals surface area contributed by atoms with Gasteiger partial charge >= 0.3 is 5.16 Å². The van der Waals surface area contributed by atoms with Crippen LogP contribution >= 0.6 is 0 Å². The van der Waals surface area contributed by atoms with E-state index in [4.69, 9.17) is 14.2 Å². The molecule has 0 radical (unpaired) electrons. The molecule has 1 aromatic heterocycles. The number of hydrogen-bond donors (Lipinski definition) is 2. The fourth-order valence-corrected chi connectivity index (χ4v) is 4.27. The highest BCUT2D eigenvalue weighted by molar-refractivity contribution is 7.91. The first kappa shape index (κ1) is 22.2. The van der Waals surface area contributed by atoms with Crippen LogP contribution in [0.15, 0.2) is 64.8 Å². The Morgan fingerprint density at radius 1 is 1.03 bits per heavy atom. The first-order valence-corrected chi connectivity index (χ1v) is 11.5. The molecule has 0 aliphatic carbocycles. The van der Waals surface area contributed by atoms with Gasteiger partial charge < -0.3 is 29.4 Å². The van der Waals surface area contributed by atoms with E-state index in [9.17, 15) is 4.55 Å². The molecule has 2 atom stereocenters. The minimum atomic E-state index is -1.56. The molecule has 1 saturated heterocycles. The van der Waals surface area contributed by atoms with Crippen molar-refractivity contribution < 1.29 is 18.8 Å². The molecule has 1 fully saturated rings. The van der Waals surface area contributed by atoms with Gasteiger partial charge in [-0.25, -0.2) is 0 Å². The topological polar surface area (TPSA) is 101 Å². The molecule has 8 nitrogen and oxygen atoms in total. The van der Waals surface area contributed by atoms with Gasteiger partial charge in [0.15, 0.2) is 4.90 Å². The Hall–Kier alpha value is -3.01. The molecule has 168 valence electrons. The highest BCUT2D eigenvalue weighted by atomic mass is 32.2. The number of anilines is 1. The van der Waals surface area contributed by atoms with Gasteiger partial charge in [-0.3, -0.25) is 0 Å². The number of nitrogens with one attached hydrogen (secondary N) is 2. The van der Waals surface area contributed by atoms with Crippen LogP contribution < -0.4 is 24.8 Å². The van der Waals surface area contributed by atoms with E-state index in [1.807, 2.05) is 12.1 Å². The fourth-order valence-electron chi connectivity index (χ4n) is 3.36. The molecule has 2 heterocycles. The summed E-state index contributed by atoms with van der Waals surface area (Å²) in [7, 11) is 3.20. The average molecular weight is 455 g/mol. The van der Waals surface area contributed by atoms with E-state index < -0.39 is 11.2 Å². The Kier molecular flexibility index (Phi) is 7.31.